The molecular weight excluding hydrogens is 272 g/mol. The van der Waals surface area contributed by atoms with E-state index in [1.165, 1.54) is 0 Å². The third-order valence-corrected chi connectivity index (χ3v) is 4.69. The predicted octanol–water partition coefficient (Wildman–Crippen LogP) is 1.22. The fourth-order valence-electron chi connectivity index (χ4n) is 3.13. The van der Waals surface area contributed by atoms with Crippen molar-refractivity contribution < 1.29 is 4.79 Å². The van der Waals surface area contributed by atoms with Crippen molar-refractivity contribution in [2.75, 3.05) is 30.3 Å². The monoisotopic (exact) mass is 292 g/mol. The summed E-state index contributed by atoms with van der Waals surface area (Å²) in [6.45, 7) is 2.67. The van der Waals surface area contributed by atoms with Crippen molar-refractivity contribution >= 4 is 24.5 Å². The van der Waals surface area contributed by atoms with Gasteiger partial charge in [-0.15, -0.1) is 0 Å². The molecular formula is C14H20N4OS. The van der Waals surface area contributed by atoms with Crippen molar-refractivity contribution in [3.05, 3.63) is 18.5 Å². The topological polar surface area (TPSA) is 49.3 Å². The normalized spacial score (nSPS) is 27.1. The Labute approximate surface area is 124 Å². The Morgan fingerprint density at radius 3 is 2.80 bits per heavy atom. The van der Waals surface area contributed by atoms with Gasteiger partial charge >= 0.3 is 0 Å². The molecule has 5 nitrogen and oxygen atoms in total. The van der Waals surface area contributed by atoms with Crippen molar-refractivity contribution in [2.45, 2.75) is 25.3 Å². The highest BCUT2D eigenvalue weighted by atomic mass is 32.1. The van der Waals surface area contributed by atoms with E-state index in [0.29, 0.717) is 18.4 Å². The standard InChI is InChI=1S/C14H20N4OS/c19-13-7-11(10-20)8-18(13)12-3-1-6-17(9-12)14-15-4-2-5-16-14/h2,4-5,11-12,20H,1,3,6-10H2. The fraction of sp³-hybridized carbons (Fsp3) is 0.643. The number of rotatable bonds is 3. The van der Waals surface area contributed by atoms with Gasteiger partial charge in [-0.1, -0.05) is 0 Å². The summed E-state index contributed by atoms with van der Waals surface area (Å²) >= 11 is 4.33. The number of thiol groups is 1. The average molecular weight is 292 g/mol. The van der Waals surface area contributed by atoms with Gasteiger partial charge in [0.25, 0.3) is 0 Å². The highest BCUT2D eigenvalue weighted by Gasteiger charge is 2.35. The van der Waals surface area contributed by atoms with Gasteiger partial charge in [-0.25, -0.2) is 9.97 Å². The summed E-state index contributed by atoms with van der Waals surface area (Å²) < 4.78 is 0. The van der Waals surface area contributed by atoms with Crippen molar-refractivity contribution in [1.82, 2.24) is 14.9 Å². The summed E-state index contributed by atoms with van der Waals surface area (Å²) in [6, 6.07) is 2.12. The Bertz CT molecular complexity index is 470. The second-order valence-electron chi connectivity index (χ2n) is 5.59. The van der Waals surface area contributed by atoms with Gasteiger partial charge in [0.1, 0.15) is 0 Å². The van der Waals surface area contributed by atoms with Crippen LogP contribution >= 0.6 is 12.6 Å². The Kier molecular flexibility index (Phi) is 4.10. The maximum Gasteiger partial charge on any atom is 0.225 e. The molecule has 2 saturated heterocycles. The number of carbonyl (C=O) groups is 1. The zero-order valence-corrected chi connectivity index (χ0v) is 12.4. The van der Waals surface area contributed by atoms with Gasteiger partial charge < -0.3 is 9.80 Å². The molecule has 0 aromatic carbocycles. The minimum absolute atomic E-state index is 0.282. The van der Waals surface area contributed by atoms with Crippen molar-refractivity contribution in [3.63, 3.8) is 0 Å². The van der Waals surface area contributed by atoms with Crippen LogP contribution in [-0.2, 0) is 4.79 Å². The van der Waals surface area contributed by atoms with Crippen LogP contribution in [0.15, 0.2) is 18.5 Å². The van der Waals surface area contributed by atoms with Crippen molar-refractivity contribution in [2.24, 2.45) is 5.92 Å². The number of carbonyl (C=O) groups excluding carboxylic acids is 1. The van der Waals surface area contributed by atoms with Crippen LogP contribution in [0.1, 0.15) is 19.3 Å². The van der Waals surface area contributed by atoms with Gasteiger partial charge in [0.2, 0.25) is 11.9 Å². The highest BCUT2D eigenvalue weighted by molar-refractivity contribution is 7.80. The first-order chi connectivity index (χ1) is 9.78. The second kappa shape index (κ2) is 5.99. The molecule has 0 N–H and O–H groups in total. The van der Waals surface area contributed by atoms with E-state index in [0.717, 1.165) is 44.2 Å². The minimum Gasteiger partial charge on any atom is -0.339 e. The van der Waals surface area contributed by atoms with E-state index in [2.05, 4.69) is 32.4 Å². The maximum atomic E-state index is 12.1. The van der Waals surface area contributed by atoms with Gasteiger partial charge in [0.15, 0.2) is 0 Å². The van der Waals surface area contributed by atoms with E-state index in [1.54, 1.807) is 12.4 Å². The van der Waals surface area contributed by atoms with Gasteiger partial charge in [-0.2, -0.15) is 12.6 Å². The van der Waals surface area contributed by atoms with Crippen LogP contribution in [0.3, 0.4) is 0 Å². The number of piperidine rings is 1. The quantitative estimate of drug-likeness (QED) is 0.851. The third kappa shape index (κ3) is 2.75. The van der Waals surface area contributed by atoms with E-state index in [9.17, 15) is 4.79 Å². The number of amides is 1. The summed E-state index contributed by atoms with van der Waals surface area (Å²) in [5, 5.41) is 0. The molecule has 3 heterocycles. The number of likely N-dealkylation sites (tertiary alicyclic amines) is 1. The van der Waals surface area contributed by atoms with E-state index in [1.807, 2.05) is 6.07 Å². The lowest BCUT2D eigenvalue weighted by Gasteiger charge is -2.37. The van der Waals surface area contributed by atoms with E-state index < -0.39 is 0 Å². The van der Waals surface area contributed by atoms with Crippen LogP contribution in [0.2, 0.25) is 0 Å². The summed E-state index contributed by atoms with van der Waals surface area (Å²) in [4.78, 5) is 25.0. The molecule has 0 bridgehead atoms. The molecule has 1 amide bonds. The van der Waals surface area contributed by atoms with Crippen LogP contribution in [0.25, 0.3) is 0 Å². The lowest BCUT2D eigenvalue weighted by molar-refractivity contribution is -0.129. The molecule has 2 aliphatic rings. The molecule has 1 aromatic heterocycles. The Balaban J connectivity index is 1.68. The van der Waals surface area contributed by atoms with E-state index >= 15 is 0 Å². The molecule has 0 radical (unpaired) electrons. The third-order valence-electron chi connectivity index (χ3n) is 4.17. The molecule has 0 aliphatic carbocycles. The number of hydrogen-bond donors (Lipinski definition) is 1. The van der Waals surface area contributed by atoms with Crippen LogP contribution < -0.4 is 4.90 Å². The summed E-state index contributed by atoms with van der Waals surface area (Å²) in [7, 11) is 0. The first kappa shape index (κ1) is 13.7. The van der Waals surface area contributed by atoms with Gasteiger partial charge in [0, 0.05) is 44.5 Å². The van der Waals surface area contributed by atoms with Crippen molar-refractivity contribution in [1.29, 1.82) is 0 Å². The molecule has 6 heteroatoms. The summed E-state index contributed by atoms with van der Waals surface area (Å²) in [5.74, 6) is 2.26. The lowest BCUT2D eigenvalue weighted by atomic mass is 10.0. The van der Waals surface area contributed by atoms with Gasteiger partial charge in [-0.3, -0.25) is 4.79 Å². The first-order valence-corrected chi connectivity index (χ1v) is 7.83. The Morgan fingerprint density at radius 1 is 1.30 bits per heavy atom. The molecule has 0 saturated carbocycles. The Hall–Kier alpha value is -1.30. The zero-order valence-electron chi connectivity index (χ0n) is 11.5. The summed E-state index contributed by atoms with van der Waals surface area (Å²) in [5.41, 5.74) is 0. The molecule has 3 rings (SSSR count). The second-order valence-corrected chi connectivity index (χ2v) is 5.95. The zero-order chi connectivity index (χ0) is 13.9. The van der Waals surface area contributed by atoms with E-state index in [-0.39, 0.29) is 5.91 Å². The number of anilines is 1. The lowest BCUT2D eigenvalue weighted by Crippen LogP contribution is -2.49. The SMILES string of the molecule is O=C1CC(CS)CN1C1CCCN(c2ncccn2)C1. The molecule has 1 aromatic rings. The molecule has 2 aliphatic heterocycles. The predicted molar refractivity (Wildman–Crippen MR) is 80.9 cm³/mol. The first-order valence-electron chi connectivity index (χ1n) is 7.20. The molecule has 2 fully saturated rings. The number of nitrogens with zero attached hydrogens (tertiary/aromatic N) is 4. The smallest absolute Gasteiger partial charge is 0.225 e. The van der Waals surface area contributed by atoms with Gasteiger partial charge in [0.05, 0.1) is 0 Å². The molecule has 108 valence electrons. The minimum atomic E-state index is 0.282. The molecule has 0 spiro atoms. The highest BCUT2D eigenvalue weighted by Crippen LogP contribution is 2.26. The van der Waals surface area contributed by atoms with Crippen LogP contribution in [-0.4, -0.2) is 52.2 Å². The molecule has 2 unspecified atom stereocenters. The summed E-state index contributed by atoms with van der Waals surface area (Å²) in [6.07, 6.45) is 6.35. The van der Waals surface area contributed by atoms with Crippen molar-refractivity contribution in [3.8, 4) is 0 Å². The fourth-order valence-corrected chi connectivity index (χ4v) is 3.37. The van der Waals surface area contributed by atoms with Crippen LogP contribution in [0, 0.1) is 5.92 Å². The average Bonchev–Trinajstić information content (AvgIpc) is 2.89. The maximum absolute atomic E-state index is 12.1. The van der Waals surface area contributed by atoms with Crippen LogP contribution in [0.4, 0.5) is 5.95 Å². The largest absolute Gasteiger partial charge is 0.339 e. The number of aromatic nitrogens is 2. The Morgan fingerprint density at radius 2 is 2.10 bits per heavy atom. The molecule has 20 heavy (non-hydrogen) atoms. The van der Waals surface area contributed by atoms with Gasteiger partial charge in [-0.05, 0) is 30.6 Å². The van der Waals surface area contributed by atoms with E-state index in [4.69, 9.17) is 0 Å². The number of hydrogen-bond acceptors (Lipinski definition) is 5. The molecule has 2 atom stereocenters. The van der Waals surface area contributed by atoms with Crippen LogP contribution in [0.5, 0.6) is 0 Å².